The Kier molecular flexibility index (Phi) is 3.60. The summed E-state index contributed by atoms with van der Waals surface area (Å²) in [4.78, 5) is 2.78. The monoisotopic (exact) mass is 251 g/mol. The zero-order valence-electron chi connectivity index (χ0n) is 13.5. The lowest BCUT2D eigenvalue weighted by atomic mass is 9.50. The van der Waals surface area contributed by atoms with Crippen LogP contribution in [0.1, 0.15) is 73.6 Å². The van der Waals surface area contributed by atoms with E-state index in [2.05, 4.69) is 46.4 Å². The topological polar surface area (TPSA) is 3.24 Å². The molecular weight excluding hydrogens is 218 g/mol. The van der Waals surface area contributed by atoms with E-state index in [-0.39, 0.29) is 0 Å². The van der Waals surface area contributed by atoms with Gasteiger partial charge in [0.25, 0.3) is 0 Å². The van der Waals surface area contributed by atoms with E-state index >= 15 is 0 Å². The van der Waals surface area contributed by atoms with Crippen LogP contribution in [-0.2, 0) is 0 Å². The number of rotatable bonds is 1. The van der Waals surface area contributed by atoms with Crippen LogP contribution in [0.15, 0.2) is 0 Å². The molecule has 1 aliphatic heterocycles. The zero-order valence-corrected chi connectivity index (χ0v) is 13.5. The third kappa shape index (κ3) is 2.24. The molecule has 2 fully saturated rings. The van der Waals surface area contributed by atoms with Crippen LogP contribution in [0.4, 0.5) is 0 Å². The lowest BCUT2D eigenvalue weighted by Gasteiger charge is -2.59. The Bertz CT molecular complexity index is 264. The van der Waals surface area contributed by atoms with Crippen LogP contribution < -0.4 is 0 Å². The van der Waals surface area contributed by atoms with Gasteiger partial charge in [0.05, 0.1) is 0 Å². The lowest BCUT2D eigenvalue weighted by Crippen LogP contribution is -2.55. The molecule has 1 aliphatic carbocycles. The summed E-state index contributed by atoms with van der Waals surface area (Å²) < 4.78 is 0. The van der Waals surface area contributed by atoms with E-state index in [4.69, 9.17) is 0 Å². The second kappa shape index (κ2) is 4.51. The van der Waals surface area contributed by atoms with E-state index in [9.17, 15) is 0 Å². The standard InChI is InChI=1S/C17H33N/c1-15(2,3)17(16(4,5)6)10-12-18(13-11-17)14-8-7-9-14/h14H,7-13H2,1-6H3. The predicted molar refractivity (Wildman–Crippen MR) is 79.8 cm³/mol. The molecule has 0 atom stereocenters. The summed E-state index contributed by atoms with van der Waals surface area (Å²) in [5.41, 5.74) is 1.33. The molecule has 0 N–H and O–H groups in total. The van der Waals surface area contributed by atoms with Crippen molar-refractivity contribution in [3.63, 3.8) is 0 Å². The van der Waals surface area contributed by atoms with E-state index in [0.29, 0.717) is 16.2 Å². The van der Waals surface area contributed by atoms with Crippen LogP contribution in [0, 0.1) is 16.2 Å². The molecular formula is C17H33N. The number of hydrogen-bond acceptors (Lipinski definition) is 1. The van der Waals surface area contributed by atoms with Gasteiger partial charge < -0.3 is 4.90 Å². The smallest absolute Gasteiger partial charge is 0.00952 e. The normalized spacial score (nSPS) is 27.0. The third-order valence-corrected chi connectivity index (χ3v) is 6.11. The van der Waals surface area contributed by atoms with Crippen molar-refractivity contribution in [1.82, 2.24) is 4.90 Å². The molecule has 0 spiro atoms. The molecule has 1 saturated carbocycles. The fraction of sp³-hybridized carbons (Fsp3) is 1.00. The molecule has 0 unspecified atom stereocenters. The van der Waals surface area contributed by atoms with Gasteiger partial charge in [0.1, 0.15) is 0 Å². The van der Waals surface area contributed by atoms with Gasteiger partial charge in [-0.05, 0) is 55.0 Å². The van der Waals surface area contributed by atoms with E-state index in [1.54, 1.807) is 0 Å². The summed E-state index contributed by atoms with van der Waals surface area (Å²) in [6.45, 7) is 17.4. The van der Waals surface area contributed by atoms with Crippen molar-refractivity contribution in [2.45, 2.75) is 79.7 Å². The molecule has 106 valence electrons. The second-order valence-corrected chi connectivity index (χ2v) is 8.70. The minimum Gasteiger partial charge on any atom is -0.300 e. The molecule has 0 radical (unpaired) electrons. The van der Waals surface area contributed by atoms with Crippen LogP contribution >= 0.6 is 0 Å². The number of hydrogen-bond donors (Lipinski definition) is 0. The molecule has 18 heavy (non-hydrogen) atoms. The highest BCUT2D eigenvalue weighted by Gasteiger charge is 2.51. The average molecular weight is 251 g/mol. The van der Waals surface area contributed by atoms with Crippen molar-refractivity contribution in [1.29, 1.82) is 0 Å². The van der Waals surface area contributed by atoms with Crippen LogP contribution in [0.3, 0.4) is 0 Å². The molecule has 1 heterocycles. The number of piperidine rings is 1. The summed E-state index contributed by atoms with van der Waals surface area (Å²) in [5, 5.41) is 0. The van der Waals surface area contributed by atoms with E-state index < -0.39 is 0 Å². The Labute approximate surface area is 114 Å². The molecule has 1 saturated heterocycles. The Hall–Kier alpha value is -0.0400. The highest BCUT2D eigenvalue weighted by molar-refractivity contribution is 5.02. The van der Waals surface area contributed by atoms with Gasteiger partial charge in [0, 0.05) is 6.04 Å². The van der Waals surface area contributed by atoms with E-state index in [1.165, 1.54) is 45.2 Å². The summed E-state index contributed by atoms with van der Waals surface area (Å²) in [6.07, 6.45) is 7.15. The first-order chi connectivity index (χ1) is 8.17. The van der Waals surface area contributed by atoms with Gasteiger partial charge in [-0.2, -0.15) is 0 Å². The fourth-order valence-electron chi connectivity index (χ4n) is 4.65. The molecule has 1 heteroatoms. The molecule has 0 aromatic rings. The van der Waals surface area contributed by atoms with Gasteiger partial charge in [-0.25, -0.2) is 0 Å². The minimum atomic E-state index is 0.414. The number of likely N-dealkylation sites (tertiary alicyclic amines) is 1. The average Bonchev–Trinajstić information content (AvgIpc) is 2.12. The zero-order chi connectivity index (χ0) is 13.6. The van der Waals surface area contributed by atoms with E-state index in [1.807, 2.05) is 0 Å². The first-order valence-corrected chi connectivity index (χ1v) is 7.91. The Morgan fingerprint density at radius 3 is 1.56 bits per heavy atom. The van der Waals surface area contributed by atoms with Crippen molar-refractivity contribution in [2.75, 3.05) is 13.1 Å². The summed E-state index contributed by atoms with van der Waals surface area (Å²) >= 11 is 0. The summed E-state index contributed by atoms with van der Waals surface area (Å²) in [6, 6.07) is 0.933. The summed E-state index contributed by atoms with van der Waals surface area (Å²) in [5.74, 6) is 0. The first kappa shape index (κ1) is 14.4. The largest absolute Gasteiger partial charge is 0.300 e. The van der Waals surface area contributed by atoms with Crippen LogP contribution in [0.5, 0.6) is 0 Å². The van der Waals surface area contributed by atoms with Crippen molar-refractivity contribution >= 4 is 0 Å². The summed E-state index contributed by atoms with van der Waals surface area (Å²) in [7, 11) is 0. The van der Waals surface area contributed by atoms with Gasteiger partial charge in [-0.15, -0.1) is 0 Å². The highest BCUT2D eigenvalue weighted by Crippen LogP contribution is 2.58. The predicted octanol–water partition coefficient (Wildman–Crippen LogP) is 4.71. The Balaban J connectivity index is 2.10. The van der Waals surface area contributed by atoms with Crippen molar-refractivity contribution in [3.8, 4) is 0 Å². The quantitative estimate of drug-likeness (QED) is 0.652. The third-order valence-electron chi connectivity index (χ3n) is 6.11. The van der Waals surface area contributed by atoms with Gasteiger partial charge in [-0.1, -0.05) is 48.0 Å². The van der Waals surface area contributed by atoms with Crippen LogP contribution in [-0.4, -0.2) is 24.0 Å². The fourth-order valence-corrected chi connectivity index (χ4v) is 4.65. The van der Waals surface area contributed by atoms with Gasteiger partial charge in [-0.3, -0.25) is 0 Å². The maximum Gasteiger partial charge on any atom is 0.00952 e. The molecule has 1 nitrogen and oxygen atoms in total. The van der Waals surface area contributed by atoms with Gasteiger partial charge in [0.15, 0.2) is 0 Å². The maximum absolute atomic E-state index is 2.78. The SMILES string of the molecule is CC(C)(C)C1(C(C)(C)C)CCN(C2CCC2)CC1. The molecule has 0 bridgehead atoms. The van der Waals surface area contributed by atoms with Crippen molar-refractivity contribution in [3.05, 3.63) is 0 Å². The van der Waals surface area contributed by atoms with Crippen LogP contribution in [0.2, 0.25) is 0 Å². The highest BCUT2D eigenvalue weighted by atomic mass is 15.2. The Morgan fingerprint density at radius 2 is 1.28 bits per heavy atom. The lowest BCUT2D eigenvalue weighted by molar-refractivity contribution is -0.0929. The maximum atomic E-state index is 2.78. The molecule has 0 amide bonds. The Morgan fingerprint density at radius 1 is 0.833 bits per heavy atom. The first-order valence-electron chi connectivity index (χ1n) is 7.91. The van der Waals surface area contributed by atoms with Crippen molar-refractivity contribution in [2.24, 2.45) is 16.2 Å². The second-order valence-electron chi connectivity index (χ2n) is 8.70. The molecule has 0 aromatic carbocycles. The molecule has 0 aromatic heterocycles. The van der Waals surface area contributed by atoms with Crippen molar-refractivity contribution < 1.29 is 0 Å². The van der Waals surface area contributed by atoms with Gasteiger partial charge >= 0.3 is 0 Å². The van der Waals surface area contributed by atoms with E-state index in [0.717, 1.165) is 6.04 Å². The number of nitrogens with zero attached hydrogens (tertiary/aromatic N) is 1. The van der Waals surface area contributed by atoms with Gasteiger partial charge in [0.2, 0.25) is 0 Å². The molecule has 2 rings (SSSR count). The van der Waals surface area contributed by atoms with Crippen LogP contribution in [0.25, 0.3) is 0 Å². The molecule has 2 aliphatic rings. The minimum absolute atomic E-state index is 0.414.